The summed E-state index contributed by atoms with van der Waals surface area (Å²) in [5.74, 6) is 0.508. The molecule has 0 unspecified atom stereocenters. The minimum atomic E-state index is -3.95. The first-order valence-corrected chi connectivity index (χ1v) is 17.5. The summed E-state index contributed by atoms with van der Waals surface area (Å²) < 4.78 is 42.1. The fourth-order valence-corrected chi connectivity index (χ4v) is 9.30. The molecule has 0 radical (unpaired) electrons. The molecule has 2 aromatic rings. The smallest absolute Gasteiger partial charge is 0.264 e. The van der Waals surface area contributed by atoms with Crippen LogP contribution in [0.4, 0.5) is 5.69 Å². The van der Waals surface area contributed by atoms with Crippen LogP contribution in [0.25, 0.3) is 0 Å². The third kappa shape index (κ3) is 7.23. The van der Waals surface area contributed by atoms with Gasteiger partial charge in [0, 0.05) is 30.8 Å². The van der Waals surface area contributed by atoms with E-state index in [9.17, 15) is 13.2 Å². The highest BCUT2D eigenvalue weighted by Crippen LogP contribution is 2.42. The summed E-state index contributed by atoms with van der Waals surface area (Å²) in [7, 11) is -2.19. The van der Waals surface area contributed by atoms with Gasteiger partial charge in [-0.3, -0.25) is 4.79 Å². The Balaban J connectivity index is 1.56. The standard InChI is InChI=1S/C34H45ClN2O5S/c1-22(2)33-23(3)8-7-10-31(41-4)29-15-12-26(29)20-37-17-6-5-9-24-18-28(35)14-11-27(24)21-42-32-16-13-25(19-30(32)37)34(38)36-43(33,39)40/h7,10-11,13-14,16,18-19,22-23,26,29,31,33H,5-6,8-9,12,15,17,20-21H2,1-4H3,(H,36,38)/b10-7+/t23-,26-,29+,31-,33+/m0/s1. The molecule has 43 heavy (non-hydrogen) atoms. The first-order valence-electron chi connectivity index (χ1n) is 15.6. The van der Waals surface area contributed by atoms with E-state index in [2.05, 4.69) is 21.8 Å². The Bertz CT molecular complexity index is 1440. The van der Waals surface area contributed by atoms with Gasteiger partial charge in [0.2, 0.25) is 10.0 Å². The number of rotatable bonds is 2. The average molecular weight is 629 g/mol. The third-order valence-corrected chi connectivity index (χ3v) is 11.9. The van der Waals surface area contributed by atoms with Crippen LogP contribution in [0.2, 0.25) is 5.02 Å². The molecule has 0 spiro atoms. The van der Waals surface area contributed by atoms with Crippen LogP contribution in [0.5, 0.6) is 5.75 Å². The highest BCUT2D eigenvalue weighted by molar-refractivity contribution is 7.90. The van der Waals surface area contributed by atoms with Crippen molar-refractivity contribution in [3.63, 3.8) is 0 Å². The number of halogens is 1. The number of sulfonamides is 1. The topological polar surface area (TPSA) is 84.9 Å². The number of carbonyl (C=O) groups excluding carboxylic acids is 1. The van der Waals surface area contributed by atoms with Crippen molar-refractivity contribution in [3.8, 4) is 5.75 Å². The second-order valence-electron chi connectivity index (χ2n) is 12.8. The number of allylic oxidation sites excluding steroid dienone is 1. The Labute approximate surface area is 262 Å². The lowest BCUT2D eigenvalue weighted by Crippen LogP contribution is -2.45. The van der Waals surface area contributed by atoms with Gasteiger partial charge in [0.05, 0.1) is 17.0 Å². The lowest BCUT2D eigenvalue weighted by Gasteiger charge is -2.43. The SMILES string of the molecule is CO[C@H]1/C=C/C[C@H](C)[C@@H](C(C)C)S(=O)(=O)NC(=O)c2ccc3c(c2)N(CCCCc2cc(Cl)ccc2CO3)C[C@@H]2CC[C@H]21. The zero-order valence-electron chi connectivity index (χ0n) is 25.7. The highest BCUT2D eigenvalue weighted by Gasteiger charge is 2.39. The van der Waals surface area contributed by atoms with E-state index in [1.165, 1.54) is 5.56 Å². The van der Waals surface area contributed by atoms with Crippen molar-refractivity contribution in [3.05, 3.63) is 70.3 Å². The molecule has 0 saturated heterocycles. The number of carbonyl (C=O) groups is 1. The van der Waals surface area contributed by atoms with Gasteiger partial charge in [0.25, 0.3) is 5.91 Å². The number of nitrogens with zero attached hydrogens (tertiary/aromatic N) is 1. The van der Waals surface area contributed by atoms with Crippen LogP contribution < -0.4 is 14.4 Å². The van der Waals surface area contributed by atoms with E-state index in [-0.39, 0.29) is 17.9 Å². The van der Waals surface area contributed by atoms with Gasteiger partial charge in [-0.15, -0.1) is 0 Å². The number of hydrogen-bond acceptors (Lipinski definition) is 6. The molecule has 0 aromatic heterocycles. The quantitative estimate of drug-likeness (QED) is 0.369. The van der Waals surface area contributed by atoms with Gasteiger partial charge in [0.1, 0.15) is 12.4 Å². The molecule has 1 amide bonds. The summed E-state index contributed by atoms with van der Waals surface area (Å²) in [6, 6.07) is 11.2. The Kier molecular flexibility index (Phi) is 10.1. The van der Waals surface area contributed by atoms with E-state index in [0.717, 1.165) is 61.5 Å². The fourth-order valence-electron chi connectivity index (χ4n) is 7.15. The van der Waals surface area contributed by atoms with E-state index in [0.29, 0.717) is 36.2 Å². The summed E-state index contributed by atoms with van der Waals surface area (Å²) in [6.45, 7) is 7.71. The fraction of sp³-hybridized carbons (Fsp3) is 0.559. The summed E-state index contributed by atoms with van der Waals surface area (Å²) in [6.07, 6.45) is 9.79. The molecule has 2 bridgehead atoms. The van der Waals surface area contributed by atoms with Crippen LogP contribution in [0.1, 0.15) is 74.4 Å². The zero-order chi connectivity index (χ0) is 30.7. The molecule has 1 fully saturated rings. The predicted octanol–water partition coefficient (Wildman–Crippen LogP) is 6.78. The maximum atomic E-state index is 13.6. The van der Waals surface area contributed by atoms with Crippen molar-refractivity contribution in [1.82, 2.24) is 4.72 Å². The van der Waals surface area contributed by atoms with Crippen molar-refractivity contribution >= 4 is 33.2 Å². The second kappa shape index (κ2) is 13.6. The average Bonchev–Trinajstić information content (AvgIpc) is 2.96. The Hall–Kier alpha value is -2.55. The van der Waals surface area contributed by atoms with Gasteiger partial charge in [-0.25, -0.2) is 13.1 Å². The molecule has 2 aliphatic heterocycles. The number of fused-ring (bicyclic) bond motifs is 3. The molecule has 1 saturated carbocycles. The van der Waals surface area contributed by atoms with Crippen molar-refractivity contribution in [2.75, 3.05) is 25.1 Å². The van der Waals surface area contributed by atoms with Gasteiger partial charge < -0.3 is 14.4 Å². The van der Waals surface area contributed by atoms with Gasteiger partial charge in [-0.2, -0.15) is 0 Å². The normalized spacial score (nSPS) is 28.7. The largest absolute Gasteiger partial charge is 0.487 e. The minimum Gasteiger partial charge on any atom is -0.487 e. The van der Waals surface area contributed by atoms with E-state index in [4.69, 9.17) is 21.1 Å². The van der Waals surface area contributed by atoms with Crippen LogP contribution in [-0.2, 0) is 27.8 Å². The number of anilines is 1. The van der Waals surface area contributed by atoms with Crippen molar-refractivity contribution in [2.24, 2.45) is 23.7 Å². The molecular formula is C34H45ClN2O5S. The van der Waals surface area contributed by atoms with Crippen LogP contribution in [0.3, 0.4) is 0 Å². The van der Waals surface area contributed by atoms with Crippen molar-refractivity contribution in [2.45, 2.75) is 77.3 Å². The van der Waals surface area contributed by atoms with Crippen molar-refractivity contribution in [1.29, 1.82) is 0 Å². The first kappa shape index (κ1) is 31.9. The number of aryl methyl sites for hydroxylation is 1. The number of benzene rings is 2. The summed E-state index contributed by atoms with van der Waals surface area (Å²) in [5, 5.41) is -0.00251. The number of methoxy groups -OCH3 is 1. The van der Waals surface area contributed by atoms with E-state index >= 15 is 0 Å². The third-order valence-electron chi connectivity index (χ3n) is 9.51. The maximum absolute atomic E-state index is 13.6. The zero-order valence-corrected chi connectivity index (χ0v) is 27.3. The van der Waals surface area contributed by atoms with Gasteiger partial charge in [-0.1, -0.05) is 50.6 Å². The van der Waals surface area contributed by atoms with Crippen molar-refractivity contribution < 1.29 is 22.7 Å². The molecule has 2 aromatic carbocycles. The summed E-state index contributed by atoms with van der Waals surface area (Å²) in [4.78, 5) is 15.9. The second-order valence-corrected chi connectivity index (χ2v) is 15.1. The highest BCUT2D eigenvalue weighted by atomic mass is 35.5. The molecule has 9 heteroatoms. The molecule has 7 nitrogen and oxygen atoms in total. The molecule has 5 rings (SSSR count). The van der Waals surface area contributed by atoms with E-state index in [1.54, 1.807) is 13.2 Å². The molecule has 5 atom stereocenters. The summed E-state index contributed by atoms with van der Waals surface area (Å²) in [5.41, 5.74) is 3.41. The van der Waals surface area contributed by atoms with Crippen LogP contribution in [0.15, 0.2) is 48.6 Å². The predicted molar refractivity (Wildman–Crippen MR) is 172 cm³/mol. The molecule has 1 N–H and O–H groups in total. The lowest BCUT2D eigenvalue weighted by atomic mass is 9.70. The Morgan fingerprint density at radius 3 is 2.63 bits per heavy atom. The Morgan fingerprint density at radius 1 is 1.09 bits per heavy atom. The summed E-state index contributed by atoms with van der Waals surface area (Å²) >= 11 is 6.33. The molecule has 234 valence electrons. The molecule has 1 aliphatic carbocycles. The first-order chi connectivity index (χ1) is 20.6. The van der Waals surface area contributed by atoms with Gasteiger partial charge >= 0.3 is 0 Å². The van der Waals surface area contributed by atoms with Crippen LogP contribution in [0, 0.1) is 23.7 Å². The minimum absolute atomic E-state index is 0.0297. The van der Waals surface area contributed by atoms with Gasteiger partial charge in [0.15, 0.2) is 0 Å². The van der Waals surface area contributed by atoms with Crippen LogP contribution in [-0.4, -0.2) is 45.9 Å². The Morgan fingerprint density at radius 2 is 1.91 bits per heavy atom. The van der Waals surface area contributed by atoms with E-state index < -0.39 is 21.2 Å². The van der Waals surface area contributed by atoms with E-state index in [1.807, 2.05) is 51.1 Å². The number of ether oxygens (including phenoxy) is 2. The molecule has 2 heterocycles. The molecular weight excluding hydrogens is 584 g/mol. The maximum Gasteiger partial charge on any atom is 0.264 e. The number of amides is 1. The number of nitrogens with one attached hydrogen (secondary N) is 1. The van der Waals surface area contributed by atoms with Crippen LogP contribution >= 0.6 is 11.6 Å². The van der Waals surface area contributed by atoms with Gasteiger partial charge in [-0.05, 0) is 104 Å². The number of hydrogen-bond donors (Lipinski definition) is 1. The lowest BCUT2D eigenvalue weighted by molar-refractivity contribution is 0.0134. The molecule has 3 aliphatic rings. The monoisotopic (exact) mass is 628 g/mol.